The minimum Gasteiger partial charge on any atom is -0.326 e. The second kappa shape index (κ2) is 6.15. The van der Waals surface area contributed by atoms with E-state index in [-0.39, 0.29) is 12.5 Å². The molecule has 0 aliphatic carbocycles. The molecule has 0 radical (unpaired) electrons. The van der Waals surface area contributed by atoms with E-state index in [1.807, 2.05) is 19.1 Å². The number of rotatable bonds is 4. The summed E-state index contributed by atoms with van der Waals surface area (Å²) in [6, 6.07) is 7.16. The third kappa shape index (κ3) is 3.93. The van der Waals surface area contributed by atoms with Crippen molar-refractivity contribution in [1.29, 1.82) is 0 Å². The number of aryl methyl sites for hydroxylation is 1. The molecule has 0 saturated heterocycles. The largest absolute Gasteiger partial charge is 0.326 e. The van der Waals surface area contributed by atoms with Gasteiger partial charge in [0.05, 0.1) is 6.21 Å². The van der Waals surface area contributed by atoms with Crippen LogP contribution in [-0.4, -0.2) is 21.7 Å². The van der Waals surface area contributed by atoms with Crippen molar-refractivity contribution in [2.45, 2.75) is 13.5 Å². The molecule has 6 heteroatoms. The minimum absolute atomic E-state index is 0.198. The molecule has 0 bridgehead atoms. The van der Waals surface area contributed by atoms with E-state index >= 15 is 0 Å². The first-order chi connectivity index (χ1) is 9.15. The fourth-order valence-corrected chi connectivity index (χ4v) is 1.61. The topological polar surface area (TPSA) is 59.3 Å². The van der Waals surface area contributed by atoms with Crippen LogP contribution in [0.15, 0.2) is 41.8 Å². The smallest absolute Gasteiger partial charge is 0.260 e. The van der Waals surface area contributed by atoms with E-state index < -0.39 is 0 Å². The molecule has 1 heterocycles. The van der Waals surface area contributed by atoms with Gasteiger partial charge in [0, 0.05) is 17.4 Å². The van der Waals surface area contributed by atoms with Crippen molar-refractivity contribution in [3.63, 3.8) is 0 Å². The zero-order valence-corrected chi connectivity index (χ0v) is 11.1. The Bertz CT molecular complexity index is 589. The Balaban J connectivity index is 1.86. The molecule has 0 fully saturated rings. The average Bonchev–Trinajstić information content (AvgIpc) is 2.78. The highest BCUT2D eigenvalue weighted by molar-refractivity contribution is 6.30. The second-order valence-electron chi connectivity index (χ2n) is 3.95. The molecule has 98 valence electrons. The Morgan fingerprint density at radius 3 is 2.84 bits per heavy atom. The van der Waals surface area contributed by atoms with E-state index in [1.54, 1.807) is 35.3 Å². The van der Waals surface area contributed by atoms with Gasteiger partial charge in [-0.3, -0.25) is 4.79 Å². The summed E-state index contributed by atoms with van der Waals surface area (Å²) in [6.45, 7) is 2.04. The third-order valence-electron chi connectivity index (χ3n) is 2.51. The number of hydrazone groups is 1. The number of hydrogen-bond acceptors (Lipinski definition) is 3. The number of aromatic nitrogens is 2. The normalized spacial score (nSPS) is 10.8. The lowest BCUT2D eigenvalue weighted by Gasteiger charge is -2.02. The molecule has 1 aromatic carbocycles. The molecule has 0 saturated carbocycles. The SMILES string of the molecule is Cc1nccn1CC(=O)N/N=C/c1ccc(Cl)cc1. The summed E-state index contributed by atoms with van der Waals surface area (Å²) in [6.07, 6.45) is 4.96. The summed E-state index contributed by atoms with van der Waals surface area (Å²) < 4.78 is 1.74. The van der Waals surface area contributed by atoms with E-state index in [4.69, 9.17) is 11.6 Å². The van der Waals surface area contributed by atoms with Crippen molar-refractivity contribution in [2.75, 3.05) is 0 Å². The number of carbonyl (C=O) groups excluding carboxylic acids is 1. The van der Waals surface area contributed by atoms with Crippen molar-refractivity contribution >= 4 is 23.7 Å². The van der Waals surface area contributed by atoms with Crippen LogP contribution in [0.2, 0.25) is 5.02 Å². The molecule has 1 amide bonds. The zero-order chi connectivity index (χ0) is 13.7. The van der Waals surface area contributed by atoms with Gasteiger partial charge < -0.3 is 4.57 Å². The van der Waals surface area contributed by atoms with Gasteiger partial charge in [0.15, 0.2) is 0 Å². The van der Waals surface area contributed by atoms with E-state index in [0.29, 0.717) is 5.02 Å². The second-order valence-corrected chi connectivity index (χ2v) is 4.38. The number of hydrogen-bond donors (Lipinski definition) is 1. The van der Waals surface area contributed by atoms with E-state index in [2.05, 4.69) is 15.5 Å². The number of halogens is 1. The fraction of sp³-hybridized carbons (Fsp3) is 0.154. The standard InChI is InChI=1S/C13H13ClN4O/c1-10-15-6-7-18(10)9-13(19)17-16-8-11-2-4-12(14)5-3-11/h2-8H,9H2,1H3,(H,17,19)/b16-8+. The maximum Gasteiger partial charge on any atom is 0.260 e. The fourth-order valence-electron chi connectivity index (χ4n) is 1.49. The predicted octanol–water partition coefficient (Wildman–Crippen LogP) is 2.00. The Labute approximate surface area is 115 Å². The molecular formula is C13H13ClN4O. The average molecular weight is 277 g/mol. The van der Waals surface area contributed by atoms with Gasteiger partial charge in [0.1, 0.15) is 12.4 Å². The number of nitrogens with one attached hydrogen (secondary N) is 1. The number of carbonyl (C=O) groups is 1. The summed E-state index contributed by atoms with van der Waals surface area (Å²) >= 11 is 5.77. The van der Waals surface area contributed by atoms with Crippen molar-refractivity contribution in [3.05, 3.63) is 53.1 Å². The Morgan fingerprint density at radius 1 is 1.47 bits per heavy atom. The summed E-state index contributed by atoms with van der Waals surface area (Å²) in [4.78, 5) is 15.7. The van der Waals surface area contributed by atoms with Gasteiger partial charge in [-0.05, 0) is 24.6 Å². The van der Waals surface area contributed by atoms with Gasteiger partial charge in [-0.15, -0.1) is 0 Å². The maximum atomic E-state index is 11.6. The van der Waals surface area contributed by atoms with Crippen LogP contribution in [0.1, 0.15) is 11.4 Å². The molecule has 0 aliphatic rings. The van der Waals surface area contributed by atoms with E-state index in [1.165, 1.54) is 0 Å². The number of benzene rings is 1. The summed E-state index contributed by atoms with van der Waals surface area (Å²) in [5, 5.41) is 4.54. The molecule has 0 atom stereocenters. The summed E-state index contributed by atoms with van der Waals surface area (Å²) in [7, 11) is 0. The lowest BCUT2D eigenvalue weighted by Crippen LogP contribution is -2.23. The van der Waals surface area contributed by atoms with Crippen molar-refractivity contribution in [3.8, 4) is 0 Å². The number of amides is 1. The van der Waals surface area contributed by atoms with Crippen LogP contribution in [0.3, 0.4) is 0 Å². The van der Waals surface area contributed by atoms with Gasteiger partial charge in [-0.1, -0.05) is 23.7 Å². The molecule has 5 nitrogen and oxygen atoms in total. The predicted molar refractivity (Wildman–Crippen MR) is 74.2 cm³/mol. The molecule has 1 aromatic heterocycles. The van der Waals surface area contributed by atoms with Crippen LogP contribution in [0.4, 0.5) is 0 Å². The Morgan fingerprint density at radius 2 is 2.21 bits per heavy atom. The first kappa shape index (κ1) is 13.3. The molecule has 0 unspecified atom stereocenters. The summed E-state index contributed by atoms with van der Waals surface area (Å²) in [5.74, 6) is 0.586. The minimum atomic E-state index is -0.202. The van der Waals surface area contributed by atoms with Crippen LogP contribution in [-0.2, 0) is 11.3 Å². The maximum absolute atomic E-state index is 11.6. The van der Waals surface area contributed by atoms with E-state index in [9.17, 15) is 4.79 Å². The molecule has 0 spiro atoms. The van der Waals surface area contributed by atoms with Gasteiger partial charge in [-0.2, -0.15) is 5.10 Å². The van der Waals surface area contributed by atoms with Crippen LogP contribution in [0.25, 0.3) is 0 Å². The number of nitrogens with zero attached hydrogens (tertiary/aromatic N) is 3. The zero-order valence-electron chi connectivity index (χ0n) is 10.4. The van der Waals surface area contributed by atoms with Gasteiger partial charge in [0.2, 0.25) is 0 Å². The van der Waals surface area contributed by atoms with E-state index in [0.717, 1.165) is 11.4 Å². The highest BCUT2D eigenvalue weighted by Gasteiger charge is 2.02. The van der Waals surface area contributed by atoms with Crippen molar-refractivity contribution in [2.24, 2.45) is 5.10 Å². The quantitative estimate of drug-likeness (QED) is 0.686. The first-order valence-corrected chi connectivity index (χ1v) is 6.08. The Kier molecular flexibility index (Phi) is 4.30. The molecule has 1 N–H and O–H groups in total. The lowest BCUT2D eigenvalue weighted by atomic mass is 10.2. The molecule has 2 aromatic rings. The molecular weight excluding hydrogens is 264 g/mol. The molecule has 19 heavy (non-hydrogen) atoms. The monoisotopic (exact) mass is 276 g/mol. The summed E-state index contributed by atoms with van der Waals surface area (Å²) in [5.41, 5.74) is 3.32. The number of imidazole rings is 1. The van der Waals surface area contributed by atoms with Gasteiger partial charge in [-0.25, -0.2) is 10.4 Å². The first-order valence-electron chi connectivity index (χ1n) is 5.70. The molecule has 0 aliphatic heterocycles. The van der Waals surface area contributed by atoms with Crippen LogP contribution >= 0.6 is 11.6 Å². The van der Waals surface area contributed by atoms with Crippen LogP contribution < -0.4 is 5.43 Å². The van der Waals surface area contributed by atoms with Crippen LogP contribution in [0.5, 0.6) is 0 Å². The highest BCUT2D eigenvalue weighted by atomic mass is 35.5. The van der Waals surface area contributed by atoms with Crippen molar-refractivity contribution < 1.29 is 4.79 Å². The highest BCUT2D eigenvalue weighted by Crippen LogP contribution is 2.07. The Hall–Kier alpha value is -2.14. The molecule has 2 rings (SSSR count). The van der Waals surface area contributed by atoms with Crippen molar-refractivity contribution in [1.82, 2.24) is 15.0 Å². The third-order valence-corrected chi connectivity index (χ3v) is 2.76. The van der Waals surface area contributed by atoms with Gasteiger partial charge in [0.25, 0.3) is 5.91 Å². The van der Waals surface area contributed by atoms with Gasteiger partial charge >= 0.3 is 0 Å². The van der Waals surface area contributed by atoms with Crippen LogP contribution in [0, 0.1) is 6.92 Å². The lowest BCUT2D eigenvalue weighted by molar-refractivity contribution is -0.121.